The van der Waals surface area contributed by atoms with Gasteiger partial charge in [0, 0.05) is 36.4 Å². The van der Waals surface area contributed by atoms with Crippen LogP contribution in [0.4, 0.5) is 5.82 Å². The van der Waals surface area contributed by atoms with Crippen molar-refractivity contribution in [2.75, 3.05) is 18.0 Å². The van der Waals surface area contributed by atoms with Crippen LogP contribution in [0.1, 0.15) is 39.2 Å². The first-order valence-corrected chi connectivity index (χ1v) is 7.48. The van der Waals surface area contributed by atoms with E-state index >= 15 is 0 Å². The molecule has 1 aromatic heterocycles. The molecule has 1 saturated heterocycles. The van der Waals surface area contributed by atoms with Crippen LogP contribution in [0.15, 0.2) is 18.3 Å². The summed E-state index contributed by atoms with van der Waals surface area (Å²) in [5.74, 6) is 1.11. The van der Waals surface area contributed by atoms with Crippen LogP contribution in [0.3, 0.4) is 0 Å². The predicted molar refractivity (Wildman–Crippen MR) is 79.8 cm³/mol. The number of rotatable bonds is 1. The minimum Gasteiger partial charge on any atom is -0.298 e. The van der Waals surface area contributed by atoms with Crippen LogP contribution in [0.5, 0.6) is 0 Å². The van der Waals surface area contributed by atoms with Crippen molar-refractivity contribution < 1.29 is 4.79 Å². The van der Waals surface area contributed by atoms with Crippen molar-refractivity contribution in [2.45, 2.75) is 51.6 Å². The van der Waals surface area contributed by atoms with Gasteiger partial charge >= 0.3 is 0 Å². The number of anilines is 1. The third kappa shape index (κ3) is 2.33. The lowest BCUT2D eigenvalue weighted by atomic mass is 9.97. The van der Waals surface area contributed by atoms with Crippen LogP contribution in [0.2, 0.25) is 0 Å². The molecule has 0 radical (unpaired) electrons. The molecule has 1 amide bonds. The average molecular weight is 273 g/mol. The molecule has 4 heteroatoms. The summed E-state index contributed by atoms with van der Waals surface area (Å²) >= 11 is 0. The summed E-state index contributed by atoms with van der Waals surface area (Å²) in [6.07, 6.45) is 4.38. The number of carbonyl (C=O) groups is 1. The highest BCUT2D eigenvalue weighted by Crippen LogP contribution is 2.32. The van der Waals surface area contributed by atoms with Crippen LogP contribution >= 0.6 is 0 Å². The maximum Gasteiger partial charge on any atom is 0.232 e. The molecular weight excluding hydrogens is 250 g/mol. The Balaban J connectivity index is 1.74. The molecule has 2 aliphatic heterocycles. The van der Waals surface area contributed by atoms with E-state index in [9.17, 15) is 4.79 Å². The van der Waals surface area contributed by atoms with Gasteiger partial charge in [0.25, 0.3) is 0 Å². The molecule has 20 heavy (non-hydrogen) atoms. The Hall–Kier alpha value is -1.42. The molecule has 3 heterocycles. The van der Waals surface area contributed by atoms with Gasteiger partial charge in [-0.3, -0.25) is 14.6 Å². The van der Waals surface area contributed by atoms with E-state index < -0.39 is 0 Å². The molecule has 108 valence electrons. The van der Waals surface area contributed by atoms with Crippen LogP contribution in [0, 0.1) is 0 Å². The van der Waals surface area contributed by atoms with Crippen LogP contribution in [-0.4, -0.2) is 40.5 Å². The van der Waals surface area contributed by atoms with Gasteiger partial charge in [-0.2, -0.15) is 0 Å². The molecule has 4 nitrogen and oxygen atoms in total. The van der Waals surface area contributed by atoms with Gasteiger partial charge in [0.15, 0.2) is 0 Å². The Morgan fingerprint density at radius 1 is 1.25 bits per heavy atom. The molecule has 2 aliphatic rings. The maximum atomic E-state index is 12.3. The van der Waals surface area contributed by atoms with Gasteiger partial charge in [-0.05, 0) is 39.7 Å². The fourth-order valence-corrected chi connectivity index (χ4v) is 3.32. The fourth-order valence-electron chi connectivity index (χ4n) is 3.32. The predicted octanol–water partition coefficient (Wildman–Crippen LogP) is 2.23. The summed E-state index contributed by atoms with van der Waals surface area (Å²) in [6.45, 7) is 8.88. The van der Waals surface area contributed by atoms with Gasteiger partial charge in [0.05, 0.1) is 6.42 Å². The van der Waals surface area contributed by atoms with Gasteiger partial charge in [0.2, 0.25) is 5.91 Å². The van der Waals surface area contributed by atoms with Gasteiger partial charge in [-0.1, -0.05) is 6.07 Å². The largest absolute Gasteiger partial charge is 0.298 e. The number of pyridine rings is 1. The second-order valence-electron chi connectivity index (χ2n) is 6.82. The first kappa shape index (κ1) is 13.6. The first-order chi connectivity index (χ1) is 9.47. The third-order valence-corrected chi connectivity index (χ3v) is 4.48. The number of piperidine rings is 1. The molecule has 0 atom stereocenters. The standard InChI is InChI=1S/C16H23N3O/c1-16(2,3)18-9-6-13(7-10-18)19-14(20)11-12-5-4-8-17-15(12)19/h4-5,8,13H,6-7,9-11H2,1-3H3. The van der Waals surface area contributed by atoms with E-state index in [1.165, 1.54) is 0 Å². The lowest BCUT2D eigenvalue weighted by Gasteiger charge is -2.42. The maximum absolute atomic E-state index is 12.3. The van der Waals surface area contributed by atoms with Gasteiger partial charge in [-0.15, -0.1) is 0 Å². The summed E-state index contributed by atoms with van der Waals surface area (Å²) in [5.41, 5.74) is 1.30. The lowest BCUT2D eigenvalue weighted by molar-refractivity contribution is -0.118. The number of hydrogen-bond donors (Lipinski definition) is 0. The Kier molecular flexibility index (Phi) is 3.28. The number of fused-ring (bicyclic) bond motifs is 1. The molecule has 0 unspecified atom stereocenters. The Bertz CT molecular complexity index is 513. The zero-order valence-electron chi connectivity index (χ0n) is 12.6. The molecular formula is C16H23N3O. The van der Waals surface area contributed by atoms with Crippen molar-refractivity contribution in [3.05, 3.63) is 23.9 Å². The van der Waals surface area contributed by atoms with E-state index in [-0.39, 0.29) is 11.4 Å². The Morgan fingerprint density at radius 3 is 2.60 bits per heavy atom. The molecule has 0 spiro atoms. The molecule has 1 fully saturated rings. The molecule has 0 aliphatic carbocycles. The molecule has 3 rings (SSSR count). The van der Waals surface area contributed by atoms with E-state index in [4.69, 9.17) is 0 Å². The van der Waals surface area contributed by atoms with Crippen molar-refractivity contribution in [1.82, 2.24) is 9.88 Å². The summed E-state index contributed by atoms with van der Waals surface area (Å²) < 4.78 is 0. The van der Waals surface area contributed by atoms with Crippen LogP contribution < -0.4 is 4.90 Å². The molecule has 0 aromatic carbocycles. The minimum atomic E-state index is 0.216. The molecule has 1 aromatic rings. The van der Waals surface area contributed by atoms with Crippen molar-refractivity contribution >= 4 is 11.7 Å². The number of nitrogens with zero attached hydrogens (tertiary/aromatic N) is 3. The smallest absolute Gasteiger partial charge is 0.232 e. The first-order valence-electron chi connectivity index (χ1n) is 7.48. The van der Waals surface area contributed by atoms with E-state index in [1.54, 1.807) is 6.20 Å². The van der Waals surface area contributed by atoms with E-state index in [2.05, 4.69) is 30.7 Å². The summed E-state index contributed by atoms with van der Waals surface area (Å²) in [4.78, 5) is 21.2. The topological polar surface area (TPSA) is 36.4 Å². The summed E-state index contributed by atoms with van der Waals surface area (Å²) in [7, 11) is 0. The zero-order chi connectivity index (χ0) is 14.3. The van der Waals surface area contributed by atoms with Gasteiger partial charge in [0.1, 0.15) is 5.82 Å². The van der Waals surface area contributed by atoms with Crippen molar-refractivity contribution in [1.29, 1.82) is 0 Å². The third-order valence-electron chi connectivity index (χ3n) is 4.48. The minimum absolute atomic E-state index is 0.216. The monoisotopic (exact) mass is 273 g/mol. The van der Waals surface area contributed by atoms with Gasteiger partial charge in [-0.25, -0.2) is 4.98 Å². The van der Waals surface area contributed by atoms with E-state index in [1.807, 2.05) is 17.0 Å². The number of carbonyl (C=O) groups excluding carboxylic acids is 1. The Labute approximate surface area is 120 Å². The molecule has 0 saturated carbocycles. The normalized spacial score (nSPS) is 21.4. The van der Waals surface area contributed by atoms with Crippen LogP contribution in [0.25, 0.3) is 0 Å². The second kappa shape index (κ2) is 4.85. The van der Waals surface area contributed by atoms with E-state index in [0.717, 1.165) is 37.3 Å². The van der Waals surface area contributed by atoms with E-state index in [0.29, 0.717) is 12.5 Å². The SMILES string of the molecule is CC(C)(C)N1CCC(N2C(=O)Cc3cccnc32)CC1. The average Bonchev–Trinajstić information content (AvgIpc) is 2.73. The highest BCUT2D eigenvalue weighted by molar-refractivity contribution is 6.00. The quantitative estimate of drug-likeness (QED) is 0.787. The number of likely N-dealkylation sites (tertiary alicyclic amines) is 1. The number of hydrogen-bond acceptors (Lipinski definition) is 3. The lowest BCUT2D eigenvalue weighted by Crippen LogP contribution is -2.51. The van der Waals surface area contributed by atoms with Crippen molar-refractivity contribution in [3.63, 3.8) is 0 Å². The Morgan fingerprint density at radius 2 is 1.95 bits per heavy atom. The van der Waals surface area contributed by atoms with Crippen molar-refractivity contribution in [3.8, 4) is 0 Å². The van der Waals surface area contributed by atoms with Crippen molar-refractivity contribution in [2.24, 2.45) is 0 Å². The number of amides is 1. The highest BCUT2D eigenvalue weighted by Gasteiger charge is 2.37. The van der Waals surface area contributed by atoms with Gasteiger partial charge < -0.3 is 0 Å². The second-order valence-corrected chi connectivity index (χ2v) is 6.82. The fraction of sp³-hybridized carbons (Fsp3) is 0.625. The van der Waals surface area contributed by atoms with Crippen LogP contribution in [-0.2, 0) is 11.2 Å². The molecule has 0 bridgehead atoms. The summed E-state index contributed by atoms with van der Waals surface area (Å²) in [5, 5.41) is 0. The molecule has 0 N–H and O–H groups in total. The number of aromatic nitrogens is 1. The zero-order valence-corrected chi connectivity index (χ0v) is 12.6. The summed E-state index contributed by atoms with van der Waals surface area (Å²) in [6, 6.07) is 4.25. The highest BCUT2D eigenvalue weighted by atomic mass is 16.2.